The van der Waals surface area contributed by atoms with Crippen molar-refractivity contribution < 1.29 is 9.59 Å². The summed E-state index contributed by atoms with van der Waals surface area (Å²) in [6, 6.07) is 29.7. The summed E-state index contributed by atoms with van der Waals surface area (Å²) >= 11 is 6.28. The van der Waals surface area contributed by atoms with E-state index >= 15 is 0 Å². The molecule has 4 heterocycles. The van der Waals surface area contributed by atoms with Gasteiger partial charge in [-0.3, -0.25) is 18.4 Å². The van der Waals surface area contributed by atoms with E-state index in [0.717, 1.165) is 31.0 Å². The molecule has 4 aromatic heterocycles. The third-order valence-electron chi connectivity index (χ3n) is 8.25. The highest BCUT2D eigenvalue weighted by Gasteiger charge is 2.38. The molecule has 2 atom stereocenters. The Hall–Kier alpha value is -5.35. The van der Waals surface area contributed by atoms with Gasteiger partial charge in [-0.05, 0) is 48.6 Å². The van der Waals surface area contributed by atoms with Crippen molar-refractivity contribution in [2.75, 3.05) is 10.6 Å². The molecular weight excluding hydrogens is 694 g/mol. The molecule has 0 aliphatic rings. The van der Waals surface area contributed by atoms with Crippen LogP contribution in [0.1, 0.15) is 28.7 Å². The molecule has 2 amide bonds. The average molecular weight is 717 g/mol. The first kappa shape index (κ1) is 29.1. The fourth-order valence-corrected chi connectivity index (χ4v) is 8.31. The molecule has 9 nitrogen and oxygen atoms in total. The van der Waals surface area contributed by atoms with E-state index in [1.807, 2.05) is 94.7 Å². The number of benzene rings is 4. The molecule has 8 rings (SSSR count). The smallest absolute Gasteiger partial charge is 0.234 e. The number of imidazole rings is 2. The summed E-state index contributed by atoms with van der Waals surface area (Å²) in [6.45, 7) is 0. The number of hydrogen-bond acceptors (Lipinski definition) is 7. The summed E-state index contributed by atoms with van der Waals surface area (Å²) < 4.78 is 4.31. The van der Waals surface area contributed by atoms with Crippen LogP contribution in [0.4, 0.5) is 11.6 Å². The van der Waals surface area contributed by atoms with Crippen LogP contribution in [-0.4, -0.2) is 30.6 Å². The van der Waals surface area contributed by atoms with E-state index in [1.54, 1.807) is 16.1 Å². The second kappa shape index (κ2) is 11.8. The molecule has 0 saturated heterocycles. The Morgan fingerprint density at radius 2 is 1.19 bits per heavy atom. The number of nitriles is 1. The highest BCUT2D eigenvalue weighted by molar-refractivity contribution is 9.10. The number of amides is 2. The SMILES string of the molecule is N#Cc1csc2c(NC(=O)C(c3ccc4ccccc4c3)C(C(=O)Nc3ncn4c(Br)csc34)c3ccc4ccccc4c3)ncn12. The van der Waals surface area contributed by atoms with Gasteiger partial charge in [0.05, 0.1) is 11.8 Å². The average Bonchev–Trinajstić information content (AvgIpc) is 3.88. The third-order valence-corrected chi connectivity index (χ3v) is 11.1. The summed E-state index contributed by atoms with van der Waals surface area (Å²) in [5.41, 5.74) is 1.77. The van der Waals surface area contributed by atoms with Gasteiger partial charge in [-0.15, -0.1) is 22.7 Å². The van der Waals surface area contributed by atoms with Gasteiger partial charge in [0.25, 0.3) is 0 Å². The minimum absolute atomic E-state index is 0.323. The van der Waals surface area contributed by atoms with Gasteiger partial charge >= 0.3 is 0 Å². The number of nitrogens with zero attached hydrogens (tertiary/aromatic N) is 5. The maximum atomic E-state index is 14.6. The fraction of sp³-hybridized carbons (Fsp3) is 0.0571. The van der Waals surface area contributed by atoms with Crippen molar-refractivity contribution in [3.05, 3.63) is 130 Å². The van der Waals surface area contributed by atoms with Gasteiger partial charge in [-0.25, -0.2) is 9.97 Å². The van der Waals surface area contributed by atoms with Crippen LogP contribution in [0.15, 0.2) is 113 Å². The number of halogens is 1. The lowest BCUT2D eigenvalue weighted by Crippen LogP contribution is -2.34. The summed E-state index contributed by atoms with van der Waals surface area (Å²) in [7, 11) is 0. The fourth-order valence-electron chi connectivity index (χ4n) is 5.99. The number of carbonyl (C=O) groups is 2. The topological polar surface area (TPSA) is 117 Å². The Morgan fingerprint density at radius 1 is 0.702 bits per heavy atom. The van der Waals surface area contributed by atoms with Crippen molar-refractivity contribution in [2.45, 2.75) is 11.8 Å². The first-order valence-corrected chi connectivity index (χ1v) is 17.1. The van der Waals surface area contributed by atoms with Gasteiger partial charge in [-0.2, -0.15) is 5.26 Å². The van der Waals surface area contributed by atoms with Gasteiger partial charge in [0, 0.05) is 10.8 Å². The summed E-state index contributed by atoms with van der Waals surface area (Å²) in [5, 5.41) is 23.1. The number of hydrogen-bond donors (Lipinski definition) is 2. The molecule has 12 heteroatoms. The highest BCUT2D eigenvalue weighted by Crippen LogP contribution is 2.39. The monoisotopic (exact) mass is 715 g/mol. The Kier molecular flexibility index (Phi) is 7.29. The van der Waals surface area contributed by atoms with Crippen molar-refractivity contribution in [3.63, 3.8) is 0 Å². The van der Waals surface area contributed by atoms with Crippen LogP contribution in [0.2, 0.25) is 0 Å². The van der Waals surface area contributed by atoms with Crippen molar-refractivity contribution in [2.24, 2.45) is 0 Å². The Morgan fingerprint density at radius 3 is 1.74 bits per heavy atom. The normalized spacial score (nSPS) is 12.8. The predicted octanol–water partition coefficient (Wildman–Crippen LogP) is 8.19. The number of anilines is 2. The van der Waals surface area contributed by atoms with Gasteiger partial charge in [0.2, 0.25) is 11.8 Å². The van der Waals surface area contributed by atoms with Gasteiger partial charge < -0.3 is 10.6 Å². The van der Waals surface area contributed by atoms with Crippen molar-refractivity contribution >= 4 is 93.3 Å². The van der Waals surface area contributed by atoms with Gasteiger partial charge in [-0.1, -0.05) is 84.9 Å². The van der Waals surface area contributed by atoms with Crippen LogP contribution in [0.3, 0.4) is 0 Å². The van der Waals surface area contributed by atoms with E-state index in [-0.39, 0.29) is 5.91 Å². The number of carbonyl (C=O) groups excluding carboxylic acids is 2. The lowest BCUT2D eigenvalue weighted by molar-refractivity contribution is -0.124. The van der Waals surface area contributed by atoms with Crippen LogP contribution >= 0.6 is 38.6 Å². The molecule has 0 radical (unpaired) electrons. The van der Waals surface area contributed by atoms with Crippen LogP contribution in [-0.2, 0) is 9.59 Å². The Balaban J connectivity index is 1.29. The first-order valence-electron chi connectivity index (χ1n) is 14.5. The molecule has 8 aromatic rings. The van der Waals surface area contributed by atoms with E-state index in [4.69, 9.17) is 0 Å². The molecule has 0 fully saturated rings. The zero-order valence-electron chi connectivity index (χ0n) is 24.3. The molecule has 4 aromatic carbocycles. The van der Waals surface area contributed by atoms with Crippen molar-refractivity contribution in [3.8, 4) is 6.07 Å². The minimum Gasteiger partial charge on any atom is -0.308 e. The van der Waals surface area contributed by atoms with Crippen LogP contribution in [0.25, 0.3) is 31.2 Å². The predicted molar refractivity (Wildman–Crippen MR) is 189 cm³/mol. The second-order valence-corrected chi connectivity index (χ2v) is 13.5. The summed E-state index contributed by atoms with van der Waals surface area (Å²) in [5.74, 6) is -1.98. The maximum Gasteiger partial charge on any atom is 0.234 e. The minimum atomic E-state index is -0.971. The van der Waals surface area contributed by atoms with Gasteiger partial charge in [0.15, 0.2) is 11.6 Å². The molecule has 0 aliphatic heterocycles. The number of thiazole rings is 2. The maximum absolute atomic E-state index is 14.6. The molecule has 47 heavy (non-hydrogen) atoms. The zero-order valence-corrected chi connectivity index (χ0v) is 27.5. The standard InChI is InChI=1S/C35H22BrN7O2S2/c36-27-17-47-35-31(39-19-43(27)35)41-33(45)29(25-12-10-21-6-2-4-8-23(21)14-25)28(24-11-9-20-5-1-3-7-22(20)13-24)32(44)40-30-34-42(18-38-30)26(15-37)16-46-34/h1-14,16-19,28-29H,(H,40,44)(H,41,45). The van der Waals surface area contributed by atoms with Crippen LogP contribution in [0.5, 0.6) is 0 Å². The lowest BCUT2D eigenvalue weighted by Gasteiger charge is -2.27. The van der Waals surface area contributed by atoms with Crippen LogP contribution < -0.4 is 10.6 Å². The van der Waals surface area contributed by atoms with E-state index < -0.39 is 17.7 Å². The molecule has 228 valence electrons. The molecule has 0 aliphatic carbocycles. The van der Waals surface area contributed by atoms with Gasteiger partial charge in [0.1, 0.15) is 38.7 Å². The number of fused-ring (bicyclic) bond motifs is 4. The Labute approximate surface area is 283 Å². The number of aromatic nitrogens is 4. The Bertz CT molecular complexity index is 2540. The van der Waals surface area contributed by atoms with E-state index in [0.29, 0.717) is 33.3 Å². The number of rotatable bonds is 7. The molecular formula is C35H22BrN7O2S2. The molecule has 2 N–H and O–H groups in total. The first-order chi connectivity index (χ1) is 23.0. The third kappa shape index (κ3) is 5.14. The van der Waals surface area contributed by atoms with E-state index in [1.165, 1.54) is 29.0 Å². The van der Waals surface area contributed by atoms with E-state index in [9.17, 15) is 14.9 Å². The highest BCUT2D eigenvalue weighted by atomic mass is 79.9. The van der Waals surface area contributed by atoms with E-state index in [2.05, 4.69) is 42.6 Å². The summed E-state index contributed by atoms with van der Waals surface area (Å²) in [4.78, 5) is 39.6. The largest absolute Gasteiger partial charge is 0.308 e. The second-order valence-electron chi connectivity index (χ2n) is 11.0. The lowest BCUT2D eigenvalue weighted by atomic mass is 9.79. The molecule has 2 unspecified atom stereocenters. The van der Waals surface area contributed by atoms with Crippen molar-refractivity contribution in [1.82, 2.24) is 18.8 Å². The molecule has 0 spiro atoms. The quantitative estimate of drug-likeness (QED) is 0.173. The number of nitrogens with one attached hydrogen (secondary N) is 2. The van der Waals surface area contributed by atoms with Crippen LogP contribution in [0, 0.1) is 11.3 Å². The van der Waals surface area contributed by atoms with Crippen molar-refractivity contribution in [1.29, 1.82) is 5.26 Å². The zero-order chi connectivity index (χ0) is 32.1. The molecule has 0 saturated carbocycles. The summed E-state index contributed by atoms with van der Waals surface area (Å²) in [6.07, 6.45) is 3.16. The molecule has 0 bridgehead atoms.